The average Bonchev–Trinajstić information content (AvgIpc) is 3.19. The van der Waals surface area contributed by atoms with E-state index in [4.69, 9.17) is 11.3 Å². The number of ether oxygens (including phenoxy) is 1. The van der Waals surface area contributed by atoms with Crippen LogP contribution in [0.5, 0.6) is 5.75 Å². The quantitative estimate of drug-likeness (QED) is 0.611. The predicted octanol–water partition coefficient (Wildman–Crippen LogP) is 4.47. The van der Waals surface area contributed by atoms with Gasteiger partial charge in [0.2, 0.25) is 5.91 Å². The fourth-order valence-corrected chi connectivity index (χ4v) is 5.34. The fourth-order valence-electron chi connectivity index (χ4n) is 5.34. The molecule has 2 heterocycles. The van der Waals surface area contributed by atoms with Gasteiger partial charge in [-0.1, -0.05) is 37.3 Å². The van der Waals surface area contributed by atoms with Crippen LogP contribution in [0.25, 0.3) is 4.85 Å². The van der Waals surface area contributed by atoms with Gasteiger partial charge in [-0.05, 0) is 61.4 Å². The van der Waals surface area contributed by atoms with E-state index in [0.29, 0.717) is 42.9 Å². The van der Waals surface area contributed by atoms with Crippen LogP contribution in [0.1, 0.15) is 60.0 Å². The molecule has 5 rings (SSSR count). The lowest BCUT2D eigenvalue weighted by atomic mass is 9.92. The van der Waals surface area contributed by atoms with E-state index in [2.05, 4.69) is 22.1 Å². The first kappa shape index (κ1) is 23.1. The normalized spacial score (nSPS) is 24.0. The monoisotopic (exact) mass is 470 g/mol. The number of carbonyl (C=O) groups excluding carboxylic acids is 2. The van der Waals surface area contributed by atoms with Gasteiger partial charge in [0.25, 0.3) is 5.91 Å². The highest BCUT2D eigenvalue weighted by Gasteiger charge is 2.38. The summed E-state index contributed by atoms with van der Waals surface area (Å²) in [4.78, 5) is 30.6. The molecule has 1 aliphatic carbocycles. The summed E-state index contributed by atoms with van der Waals surface area (Å²) < 4.78 is 6.45. The molecule has 0 radical (unpaired) electrons. The van der Waals surface area contributed by atoms with Crippen molar-refractivity contribution in [3.63, 3.8) is 0 Å². The number of rotatable bonds is 6. The highest BCUT2D eigenvalue weighted by Crippen LogP contribution is 2.32. The van der Waals surface area contributed by atoms with Gasteiger partial charge in [-0.25, -0.2) is 4.85 Å². The Hall–Kier alpha value is -3.63. The Morgan fingerprint density at radius 3 is 2.83 bits per heavy atom. The number of amides is 2. The third kappa shape index (κ3) is 4.94. The van der Waals surface area contributed by atoms with Crippen molar-refractivity contribution in [3.8, 4) is 5.75 Å². The minimum Gasteiger partial charge on any atom is -0.489 e. The lowest BCUT2D eigenvalue weighted by Crippen LogP contribution is -2.49. The molecule has 0 bridgehead atoms. The summed E-state index contributed by atoms with van der Waals surface area (Å²) in [6, 6.07) is 13.1. The Kier molecular flexibility index (Phi) is 6.56. The van der Waals surface area contributed by atoms with Crippen LogP contribution in [-0.2, 0) is 17.9 Å². The summed E-state index contributed by atoms with van der Waals surface area (Å²) in [6.07, 6.45) is 5.60. The second-order valence-electron chi connectivity index (χ2n) is 9.61. The number of carbonyl (C=O) groups is 2. The largest absolute Gasteiger partial charge is 0.489 e. The summed E-state index contributed by atoms with van der Waals surface area (Å²) in [5, 5.41) is 6.42. The maximum Gasteiger partial charge on any atom is 0.255 e. The Bertz CT molecular complexity index is 1200. The van der Waals surface area contributed by atoms with Crippen LogP contribution in [0.4, 0.5) is 5.69 Å². The van der Waals surface area contributed by atoms with Gasteiger partial charge in [0, 0.05) is 30.4 Å². The number of benzene rings is 2. The van der Waals surface area contributed by atoms with Crippen molar-refractivity contribution in [2.75, 3.05) is 0 Å². The van der Waals surface area contributed by atoms with Gasteiger partial charge in [-0.2, -0.15) is 0 Å². The molecule has 1 saturated carbocycles. The van der Waals surface area contributed by atoms with Crippen molar-refractivity contribution in [1.29, 1.82) is 0 Å². The molecule has 3 unspecified atom stereocenters. The molecule has 2 aliphatic heterocycles. The minimum atomic E-state index is -0.460. The number of piperidine rings is 1. The number of allylic oxidation sites excluding steroid dienone is 1. The van der Waals surface area contributed by atoms with E-state index in [1.54, 1.807) is 4.90 Å². The van der Waals surface area contributed by atoms with Gasteiger partial charge in [0.15, 0.2) is 5.69 Å². The first-order chi connectivity index (χ1) is 17.0. The number of fused-ring (bicyclic) bond motifs is 1. The van der Waals surface area contributed by atoms with E-state index < -0.39 is 6.04 Å². The van der Waals surface area contributed by atoms with E-state index in [9.17, 15) is 9.59 Å². The van der Waals surface area contributed by atoms with Crippen LogP contribution in [0.15, 0.2) is 54.7 Å². The summed E-state index contributed by atoms with van der Waals surface area (Å²) >= 11 is 0. The van der Waals surface area contributed by atoms with Gasteiger partial charge in [0.1, 0.15) is 17.9 Å². The topological polar surface area (TPSA) is 75.0 Å². The van der Waals surface area contributed by atoms with E-state index in [1.807, 2.05) is 42.5 Å². The van der Waals surface area contributed by atoms with Gasteiger partial charge in [-0.3, -0.25) is 9.59 Å². The minimum absolute atomic E-state index is 0.0363. The van der Waals surface area contributed by atoms with Crippen LogP contribution in [0, 0.1) is 6.57 Å². The summed E-state index contributed by atoms with van der Waals surface area (Å²) in [5.41, 5.74) is 4.00. The molecule has 1 saturated heterocycles. The van der Waals surface area contributed by atoms with Crippen LogP contribution < -0.4 is 15.4 Å². The predicted molar refractivity (Wildman–Crippen MR) is 133 cm³/mol. The van der Waals surface area contributed by atoms with E-state index in [0.717, 1.165) is 42.6 Å². The molecule has 7 heteroatoms. The van der Waals surface area contributed by atoms with Crippen molar-refractivity contribution < 1.29 is 14.3 Å². The highest BCUT2D eigenvalue weighted by atomic mass is 16.5. The molecule has 0 spiro atoms. The van der Waals surface area contributed by atoms with E-state index >= 15 is 0 Å². The molecule has 2 aromatic carbocycles. The number of hydrogen-bond donors (Lipinski definition) is 2. The lowest BCUT2D eigenvalue weighted by molar-refractivity contribution is -0.126. The highest BCUT2D eigenvalue weighted by molar-refractivity contribution is 6.01. The standard InChI is InChI=1S/C28H30N4O3/c1-18-10-13-25(27(33)31-18)32-17-20-15-22(11-12-23(20)28(32)34)35-26-9-4-3-8-24(26)30-16-19-6-5-7-21(14-19)29-2/h5-7,11-12,14-15,24-26,30H,1,3-4,8-10,13,16-17H2,(H,31,33). The molecule has 3 atom stereocenters. The Morgan fingerprint density at radius 1 is 1.14 bits per heavy atom. The Labute approximate surface area is 206 Å². The average molecular weight is 471 g/mol. The molecule has 0 aromatic heterocycles. The molecule has 35 heavy (non-hydrogen) atoms. The Morgan fingerprint density at radius 2 is 2.00 bits per heavy atom. The zero-order valence-electron chi connectivity index (χ0n) is 19.8. The molecular weight excluding hydrogens is 440 g/mol. The fraction of sp³-hybridized carbons (Fsp3) is 0.393. The first-order valence-electron chi connectivity index (χ1n) is 12.3. The summed E-state index contributed by atoms with van der Waals surface area (Å²) in [6.45, 7) is 12.2. The van der Waals surface area contributed by atoms with Crippen molar-refractivity contribution >= 4 is 17.5 Å². The van der Waals surface area contributed by atoms with Crippen LogP contribution in [-0.4, -0.2) is 34.9 Å². The number of nitrogens with one attached hydrogen (secondary N) is 2. The molecule has 2 fully saturated rings. The van der Waals surface area contributed by atoms with Crippen molar-refractivity contribution in [3.05, 3.63) is 82.8 Å². The van der Waals surface area contributed by atoms with Crippen molar-refractivity contribution in [1.82, 2.24) is 15.5 Å². The van der Waals surface area contributed by atoms with Gasteiger partial charge in [0.05, 0.1) is 6.57 Å². The van der Waals surface area contributed by atoms with Gasteiger partial charge in [-0.15, -0.1) is 0 Å². The zero-order chi connectivity index (χ0) is 24.4. The van der Waals surface area contributed by atoms with Crippen LogP contribution in [0.3, 0.4) is 0 Å². The molecule has 2 amide bonds. The lowest BCUT2D eigenvalue weighted by Gasteiger charge is -2.33. The smallest absolute Gasteiger partial charge is 0.255 e. The molecule has 3 aliphatic rings. The molecule has 7 nitrogen and oxygen atoms in total. The summed E-state index contributed by atoms with van der Waals surface area (Å²) in [7, 11) is 0. The summed E-state index contributed by atoms with van der Waals surface area (Å²) in [5.74, 6) is 0.503. The van der Waals surface area contributed by atoms with Crippen molar-refractivity contribution in [2.24, 2.45) is 0 Å². The van der Waals surface area contributed by atoms with Gasteiger partial charge < -0.3 is 20.3 Å². The molecule has 180 valence electrons. The number of nitrogens with zero attached hydrogens (tertiary/aromatic N) is 2. The maximum absolute atomic E-state index is 13.0. The van der Waals surface area contributed by atoms with E-state index in [-0.39, 0.29) is 24.0 Å². The SMILES string of the molecule is [C-]#[N+]c1cccc(CNC2CCCCC2Oc2ccc3c(c2)CN(C2CCC(=C)NC2=O)C3=O)c1. The maximum atomic E-state index is 13.0. The second kappa shape index (κ2) is 9.93. The Balaban J connectivity index is 1.25. The third-order valence-corrected chi connectivity index (χ3v) is 7.21. The second-order valence-corrected chi connectivity index (χ2v) is 9.61. The van der Waals surface area contributed by atoms with Gasteiger partial charge >= 0.3 is 0 Å². The van der Waals surface area contributed by atoms with Crippen LogP contribution >= 0.6 is 0 Å². The van der Waals surface area contributed by atoms with Crippen molar-refractivity contribution in [2.45, 2.75) is 69.8 Å². The first-order valence-corrected chi connectivity index (χ1v) is 12.3. The van der Waals surface area contributed by atoms with Crippen LogP contribution in [0.2, 0.25) is 0 Å². The van der Waals surface area contributed by atoms with E-state index in [1.165, 1.54) is 0 Å². The third-order valence-electron chi connectivity index (χ3n) is 7.21. The molecular formula is C28H30N4O3. The molecule has 2 aromatic rings. The molecule has 2 N–H and O–H groups in total. The zero-order valence-corrected chi connectivity index (χ0v) is 19.8. The number of hydrogen-bond acceptors (Lipinski definition) is 4.